The summed E-state index contributed by atoms with van der Waals surface area (Å²) in [4.78, 5) is 60.8. The molecule has 34 heavy (non-hydrogen) atoms. The molecule has 0 N–H and O–H groups in total. The molecule has 0 aliphatic carbocycles. The third kappa shape index (κ3) is 4.03. The number of aryl methyl sites for hydroxylation is 4. The van der Waals surface area contributed by atoms with E-state index in [1.807, 2.05) is 0 Å². The molecular formula is C22H22N4O6S2. The van der Waals surface area contributed by atoms with Crippen LogP contribution < -0.4 is 11.1 Å². The van der Waals surface area contributed by atoms with Crippen LogP contribution in [0.2, 0.25) is 0 Å². The third-order valence-electron chi connectivity index (χ3n) is 5.34. The molecule has 0 saturated heterocycles. The van der Waals surface area contributed by atoms with Gasteiger partial charge in [0.05, 0.1) is 36.6 Å². The van der Waals surface area contributed by atoms with Gasteiger partial charge in [0, 0.05) is 13.1 Å². The molecule has 4 aromatic rings. The first kappa shape index (κ1) is 23.8. The van der Waals surface area contributed by atoms with Gasteiger partial charge in [-0.3, -0.25) is 18.7 Å². The van der Waals surface area contributed by atoms with Crippen molar-refractivity contribution in [2.24, 2.45) is 0 Å². The van der Waals surface area contributed by atoms with Gasteiger partial charge in [0.1, 0.15) is 19.4 Å². The number of thiophene rings is 2. The summed E-state index contributed by atoms with van der Waals surface area (Å²) in [5, 5.41) is 0.730. The van der Waals surface area contributed by atoms with Crippen molar-refractivity contribution >= 4 is 55.0 Å². The van der Waals surface area contributed by atoms with Gasteiger partial charge >= 0.3 is 11.9 Å². The van der Waals surface area contributed by atoms with Crippen LogP contribution in [-0.2, 0) is 22.6 Å². The van der Waals surface area contributed by atoms with E-state index in [4.69, 9.17) is 9.47 Å². The summed E-state index contributed by atoms with van der Waals surface area (Å²) in [6, 6.07) is 0. The smallest absolute Gasteiger partial charge is 0.348 e. The zero-order valence-electron chi connectivity index (χ0n) is 19.0. The van der Waals surface area contributed by atoms with Gasteiger partial charge in [0.25, 0.3) is 11.1 Å². The predicted octanol–water partition coefficient (Wildman–Crippen LogP) is 2.90. The zero-order chi connectivity index (χ0) is 24.6. The number of carbonyl (C=O) groups is 2. The molecule has 0 spiro atoms. The first-order valence-corrected chi connectivity index (χ1v) is 12.2. The number of nitrogens with zero attached hydrogens (tertiary/aromatic N) is 4. The molecular weight excluding hydrogens is 480 g/mol. The Labute approximate surface area is 201 Å². The van der Waals surface area contributed by atoms with E-state index >= 15 is 0 Å². The second-order valence-corrected chi connectivity index (χ2v) is 9.40. The summed E-state index contributed by atoms with van der Waals surface area (Å²) in [6.07, 6.45) is 2.81. The topological polar surface area (TPSA) is 122 Å². The Morgan fingerprint density at radius 2 is 1.18 bits per heavy atom. The van der Waals surface area contributed by atoms with Crippen molar-refractivity contribution in [1.29, 1.82) is 0 Å². The lowest BCUT2D eigenvalue weighted by atomic mass is 10.2. The van der Waals surface area contributed by atoms with E-state index in [1.54, 1.807) is 27.7 Å². The number of fused-ring (bicyclic) bond motifs is 2. The molecule has 0 saturated carbocycles. The highest BCUT2D eigenvalue weighted by Crippen LogP contribution is 2.28. The molecule has 12 heteroatoms. The van der Waals surface area contributed by atoms with Gasteiger partial charge in [0.2, 0.25) is 0 Å². The first-order chi connectivity index (χ1) is 16.3. The fraction of sp³-hybridized carbons (Fsp3) is 0.364. The molecule has 0 unspecified atom stereocenters. The molecule has 4 aromatic heterocycles. The SMILES string of the molecule is CCOC(=O)c1sc2ncn(CCn3cnc4sc(C(=O)OCC)c(C)c4c3=O)c(=O)c2c1C. The van der Waals surface area contributed by atoms with Crippen molar-refractivity contribution in [3.05, 3.63) is 54.2 Å². The highest BCUT2D eigenvalue weighted by Gasteiger charge is 2.22. The minimum absolute atomic E-state index is 0.173. The predicted molar refractivity (Wildman–Crippen MR) is 129 cm³/mol. The summed E-state index contributed by atoms with van der Waals surface area (Å²) in [5.41, 5.74) is 0.470. The average molecular weight is 503 g/mol. The first-order valence-electron chi connectivity index (χ1n) is 10.6. The maximum atomic E-state index is 13.1. The van der Waals surface area contributed by atoms with Crippen LogP contribution in [0.25, 0.3) is 20.4 Å². The maximum absolute atomic E-state index is 13.1. The van der Waals surface area contributed by atoms with Crippen LogP contribution in [0.1, 0.15) is 44.3 Å². The standard InChI is InChI=1S/C22H22N4O6S2/c1-5-31-21(29)15-11(3)13-17(33-15)23-9-25(19(13)27)7-8-26-10-24-18-14(20(26)28)12(4)16(34-18)22(30)32-6-2/h9-10H,5-8H2,1-4H3. The fourth-order valence-electron chi connectivity index (χ4n) is 3.64. The van der Waals surface area contributed by atoms with E-state index in [-0.39, 0.29) is 37.4 Å². The number of hydrogen-bond acceptors (Lipinski definition) is 10. The lowest BCUT2D eigenvalue weighted by Crippen LogP contribution is -2.27. The average Bonchev–Trinajstić information content (AvgIpc) is 3.32. The highest BCUT2D eigenvalue weighted by atomic mass is 32.1. The van der Waals surface area contributed by atoms with E-state index in [2.05, 4.69) is 9.97 Å². The number of rotatable bonds is 7. The molecule has 178 valence electrons. The van der Waals surface area contributed by atoms with Gasteiger partial charge in [-0.2, -0.15) is 0 Å². The van der Waals surface area contributed by atoms with Crippen LogP contribution in [0.5, 0.6) is 0 Å². The molecule has 0 atom stereocenters. The molecule has 10 nitrogen and oxygen atoms in total. The van der Waals surface area contributed by atoms with Crippen molar-refractivity contribution in [2.45, 2.75) is 40.8 Å². The Morgan fingerprint density at radius 1 is 0.794 bits per heavy atom. The summed E-state index contributed by atoms with van der Waals surface area (Å²) in [7, 11) is 0. The van der Waals surface area contributed by atoms with E-state index < -0.39 is 11.9 Å². The number of hydrogen-bond donors (Lipinski definition) is 0. The summed E-state index contributed by atoms with van der Waals surface area (Å²) in [6.45, 7) is 7.65. The van der Waals surface area contributed by atoms with Crippen LogP contribution >= 0.6 is 22.7 Å². The molecule has 0 aliphatic rings. The van der Waals surface area contributed by atoms with Crippen molar-refractivity contribution in [3.63, 3.8) is 0 Å². The summed E-state index contributed by atoms with van der Waals surface area (Å²) >= 11 is 2.24. The van der Waals surface area contributed by atoms with Crippen molar-refractivity contribution < 1.29 is 19.1 Å². The van der Waals surface area contributed by atoms with Crippen LogP contribution in [0, 0.1) is 13.8 Å². The van der Waals surface area contributed by atoms with Crippen molar-refractivity contribution in [3.8, 4) is 0 Å². The largest absolute Gasteiger partial charge is 0.462 e. The minimum atomic E-state index is -0.479. The lowest BCUT2D eigenvalue weighted by Gasteiger charge is -2.08. The molecule has 0 aliphatic heterocycles. The van der Waals surface area contributed by atoms with E-state index in [0.29, 0.717) is 41.3 Å². The van der Waals surface area contributed by atoms with Gasteiger partial charge in [-0.15, -0.1) is 22.7 Å². The molecule has 4 heterocycles. The Balaban J connectivity index is 1.65. The summed E-state index contributed by atoms with van der Waals surface area (Å²) < 4.78 is 12.9. The van der Waals surface area contributed by atoms with E-state index in [9.17, 15) is 19.2 Å². The number of esters is 2. The Morgan fingerprint density at radius 3 is 1.53 bits per heavy atom. The highest BCUT2D eigenvalue weighted by molar-refractivity contribution is 7.21. The van der Waals surface area contributed by atoms with Crippen LogP contribution in [-0.4, -0.2) is 44.3 Å². The van der Waals surface area contributed by atoms with E-state index in [0.717, 1.165) is 22.7 Å². The summed E-state index contributed by atoms with van der Waals surface area (Å²) in [5.74, 6) is -0.957. The maximum Gasteiger partial charge on any atom is 0.348 e. The zero-order valence-corrected chi connectivity index (χ0v) is 20.7. The Kier molecular flexibility index (Phi) is 6.62. The molecule has 0 amide bonds. The van der Waals surface area contributed by atoms with Crippen LogP contribution in [0.15, 0.2) is 22.2 Å². The third-order valence-corrected chi connectivity index (χ3v) is 7.70. The van der Waals surface area contributed by atoms with Gasteiger partial charge in [-0.05, 0) is 38.8 Å². The van der Waals surface area contributed by atoms with E-state index in [1.165, 1.54) is 21.8 Å². The molecule has 0 radical (unpaired) electrons. The molecule has 0 aromatic carbocycles. The van der Waals surface area contributed by atoms with Crippen LogP contribution in [0.3, 0.4) is 0 Å². The number of ether oxygens (including phenoxy) is 2. The minimum Gasteiger partial charge on any atom is -0.462 e. The van der Waals surface area contributed by atoms with Gasteiger partial charge in [-0.25, -0.2) is 19.6 Å². The number of aromatic nitrogens is 4. The Hall–Kier alpha value is -3.38. The quantitative estimate of drug-likeness (QED) is 0.354. The van der Waals surface area contributed by atoms with Crippen LogP contribution in [0.4, 0.5) is 0 Å². The van der Waals surface area contributed by atoms with Gasteiger partial charge in [-0.1, -0.05) is 0 Å². The normalized spacial score (nSPS) is 11.3. The molecule has 0 fully saturated rings. The monoisotopic (exact) mass is 502 g/mol. The van der Waals surface area contributed by atoms with Gasteiger partial charge in [0.15, 0.2) is 0 Å². The molecule has 0 bridgehead atoms. The molecule has 4 rings (SSSR count). The fourth-order valence-corrected chi connectivity index (χ4v) is 5.70. The second kappa shape index (κ2) is 9.47. The van der Waals surface area contributed by atoms with Crippen molar-refractivity contribution in [2.75, 3.05) is 13.2 Å². The number of carbonyl (C=O) groups excluding carboxylic acids is 2. The second-order valence-electron chi connectivity index (χ2n) is 7.40. The Bertz CT molecular complexity index is 1430. The van der Waals surface area contributed by atoms with Gasteiger partial charge < -0.3 is 9.47 Å². The van der Waals surface area contributed by atoms with Crippen molar-refractivity contribution in [1.82, 2.24) is 19.1 Å². The lowest BCUT2D eigenvalue weighted by molar-refractivity contribution is 0.0521.